The van der Waals surface area contributed by atoms with Gasteiger partial charge in [-0.3, -0.25) is 9.13 Å². The molecule has 0 saturated heterocycles. The summed E-state index contributed by atoms with van der Waals surface area (Å²) in [6, 6.07) is 71.3. The van der Waals surface area contributed by atoms with Crippen LogP contribution in [0.4, 0.5) is 0 Å². The average Bonchev–Trinajstić information content (AvgIpc) is 3.85. The van der Waals surface area contributed by atoms with Crippen molar-refractivity contribution in [3.63, 3.8) is 0 Å². The second-order valence-electron chi connectivity index (χ2n) is 15.6. The van der Waals surface area contributed by atoms with E-state index in [0.717, 1.165) is 44.4 Å². The standard InChI is InChI=1S/C55H33N5S/c1-3-16-40-34(12-1)14-9-19-41(40)36-26-28-37(29-27-36)52-56-53(58-54(57-52)43-20-10-15-35-13-2-4-17-42(35)43)38-30-32-39(33-31-38)59-46-22-6-5-18-44(46)50-45-21-11-25-49-51(45)60(55(50)59)47-23-7-8-24-48(47)61-49/h1-33H. The van der Waals surface area contributed by atoms with E-state index in [1.165, 1.54) is 59.0 Å². The van der Waals surface area contributed by atoms with Gasteiger partial charge >= 0.3 is 0 Å². The Balaban J connectivity index is 0.976. The van der Waals surface area contributed by atoms with Crippen molar-refractivity contribution in [2.24, 2.45) is 0 Å². The van der Waals surface area contributed by atoms with Crippen molar-refractivity contribution in [2.45, 2.75) is 9.79 Å². The molecule has 0 aliphatic carbocycles. The third kappa shape index (κ3) is 5.26. The van der Waals surface area contributed by atoms with Crippen molar-refractivity contribution in [1.82, 2.24) is 24.1 Å². The maximum Gasteiger partial charge on any atom is 0.164 e. The minimum absolute atomic E-state index is 0.624. The van der Waals surface area contributed by atoms with Gasteiger partial charge in [0, 0.05) is 48.3 Å². The van der Waals surface area contributed by atoms with Gasteiger partial charge in [-0.2, -0.15) is 0 Å². The zero-order valence-electron chi connectivity index (χ0n) is 32.7. The highest BCUT2D eigenvalue weighted by Crippen LogP contribution is 2.49. The zero-order valence-corrected chi connectivity index (χ0v) is 33.5. The Bertz CT molecular complexity index is 3720. The molecule has 0 radical (unpaired) electrons. The summed E-state index contributed by atoms with van der Waals surface area (Å²) in [4.78, 5) is 18.1. The largest absolute Gasteiger partial charge is 0.295 e. The summed E-state index contributed by atoms with van der Waals surface area (Å²) in [5.74, 6) is 1.90. The van der Waals surface area contributed by atoms with Crippen LogP contribution in [0.3, 0.4) is 0 Å². The van der Waals surface area contributed by atoms with Crippen LogP contribution in [0.1, 0.15) is 0 Å². The maximum atomic E-state index is 5.20. The summed E-state index contributed by atoms with van der Waals surface area (Å²) in [6.45, 7) is 0. The third-order valence-electron chi connectivity index (χ3n) is 12.2. The molecule has 3 aromatic heterocycles. The van der Waals surface area contributed by atoms with Gasteiger partial charge in [-0.05, 0) is 81.2 Å². The summed E-state index contributed by atoms with van der Waals surface area (Å²) < 4.78 is 4.89. The molecule has 284 valence electrons. The van der Waals surface area contributed by atoms with E-state index >= 15 is 0 Å². The van der Waals surface area contributed by atoms with Crippen LogP contribution in [0.5, 0.6) is 0 Å². The van der Waals surface area contributed by atoms with Crippen LogP contribution >= 0.6 is 11.8 Å². The molecule has 5 nitrogen and oxygen atoms in total. The fourth-order valence-corrected chi connectivity index (χ4v) is 10.5. The molecule has 1 aliphatic heterocycles. The summed E-state index contributed by atoms with van der Waals surface area (Å²) in [5.41, 5.74) is 11.0. The molecule has 12 aromatic rings. The van der Waals surface area contributed by atoms with Crippen molar-refractivity contribution in [3.8, 4) is 56.7 Å². The highest BCUT2D eigenvalue weighted by atomic mass is 32.2. The Morgan fingerprint density at radius 2 is 0.885 bits per heavy atom. The number of hydrogen-bond acceptors (Lipinski definition) is 4. The number of para-hydroxylation sites is 3. The molecule has 4 heterocycles. The lowest BCUT2D eigenvalue weighted by molar-refractivity contribution is 1.03. The summed E-state index contributed by atoms with van der Waals surface area (Å²) in [7, 11) is 0. The van der Waals surface area contributed by atoms with Gasteiger partial charge in [0.1, 0.15) is 5.65 Å². The number of aromatic nitrogens is 5. The molecule has 0 spiro atoms. The molecular weight excluding hydrogens is 763 g/mol. The van der Waals surface area contributed by atoms with E-state index in [2.05, 4.69) is 209 Å². The van der Waals surface area contributed by atoms with Gasteiger partial charge in [0.15, 0.2) is 17.5 Å². The fourth-order valence-electron chi connectivity index (χ4n) is 9.40. The van der Waals surface area contributed by atoms with E-state index in [0.29, 0.717) is 17.5 Å². The first-order chi connectivity index (χ1) is 30.2. The number of benzene rings is 9. The number of hydrogen-bond donors (Lipinski definition) is 0. The molecule has 1 aliphatic rings. The van der Waals surface area contributed by atoms with Gasteiger partial charge in [-0.25, -0.2) is 15.0 Å². The minimum Gasteiger partial charge on any atom is -0.295 e. The van der Waals surface area contributed by atoms with Gasteiger partial charge in [0.2, 0.25) is 0 Å². The van der Waals surface area contributed by atoms with Gasteiger partial charge < -0.3 is 0 Å². The SMILES string of the molecule is c1ccc2c(c1)Sc1cccc3c4c5ccccc5n(-c5ccc(-c6nc(-c7ccc(-c8cccc9ccccc89)cc7)nc(-c7cccc8ccccc78)n6)cc5)c4n-2c13. The predicted octanol–water partition coefficient (Wildman–Crippen LogP) is 14.4. The Labute approximate surface area is 355 Å². The lowest BCUT2D eigenvalue weighted by Crippen LogP contribution is -2.05. The molecule has 0 amide bonds. The van der Waals surface area contributed by atoms with Crippen LogP contribution in [0.25, 0.3) is 111 Å². The topological polar surface area (TPSA) is 48.5 Å². The molecule has 6 heteroatoms. The average molecular weight is 796 g/mol. The zero-order chi connectivity index (χ0) is 40.0. The second-order valence-corrected chi connectivity index (χ2v) is 16.7. The van der Waals surface area contributed by atoms with Crippen LogP contribution in [-0.4, -0.2) is 24.1 Å². The van der Waals surface area contributed by atoms with E-state index in [1.807, 2.05) is 11.8 Å². The van der Waals surface area contributed by atoms with Crippen molar-refractivity contribution in [3.05, 3.63) is 200 Å². The van der Waals surface area contributed by atoms with Crippen molar-refractivity contribution in [2.75, 3.05) is 0 Å². The fraction of sp³-hybridized carbons (Fsp3) is 0. The molecule has 0 N–H and O–H groups in total. The smallest absolute Gasteiger partial charge is 0.164 e. The van der Waals surface area contributed by atoms with Crippen LogP contribution in [0.15, 0.2) is 210 Å². The molecule has 0 saturated carbocycles. The predicted molar refractivity (Wildman–Crippen MR) is 252 cm³/mol. The minimum atomic E-state index is 0.624. The second kappa shape index (κ2) is 13.4. The molecule has 9 aromatic carbocycles. The van der Waals surface area contributed by atoms with E-state index in [4.69, 9.17) is 15.0 Å². The highest BCUT2D eigenvalue weighted by molar-refractivity contribution is 7.99. The molecule has 61 heavy (non-hydrogen) atoms. The first-order valence-electron chi connectivity index (χ1n) is 20.5. The van der Waals surface area contributed by atoms with Crippen LogP contribution < -0.4 is 0 Å². The van der Waals surface area contributed by atoms with E-state index in [9.17, 15) is 0 Å². The van der Waals surface area contributed by atoms with Gasteiger partial charge in [-0.1, -0.05) is 163 Å². The first-order valence-corrected chi connectivity index (χ1v) is 21.3. The van der Waals surface area contributed by atoms with Gasteiger partial charge in [0.25, 0.3) is 0 Å². The molecule has 13 rings (SSSR count). The monoisotopic (exact) mass is 795 g/mol. The number of nitrogens with zero attached hydrogens (tertiary/aromatic N) is 5. The first kappa shape index (κ1) is 34.1. The Kier molecular flexibility index (Phi) is 7.47. The van der Waals surface area contributed by atoms with E-state index < -0.39 is 0 Å². The number of rotatable bonds is 5. The van der Waals surface area contributed by atoms with Gasteiger partial charge in [0.05, 0.1) is 16.7 Å². The quantitative estimate of drug-likeness (QED) is 0.174. The molecular formula is C55H33N5S. The van der Waals surface area contributed by atoms with Crippen LogP contribution in [-0.2, 0) is 0 Å². The van der Waals surface area contributed by atoms with Crippen LogP contribution in [0.2, 0.25) is 0 Å². The summed E-state index contributed by atoms with van der Waals surface area (Å²) in [6.07, 6.45) is 0. The summed E-state index contributed by atoms with van der Waals surface area (Å²) >= 11 is 1.85. The van der Waals surface area contributed by atoms with Crippen molar-refractivity contribution in [1.29, 1.82) is 0 Å². The Morgan fingerprint density at radius 3 is 1.64 bits per heavy atom. The molecule has 0 atom stereocenters. The highest BCUT2D eigenvalue weighted by Gasteiger charge is 2.27. The Hall–Kier alpha value is -7.80. The summed E-state index contributed by atoms with van der Waals surface area (Å²) in [5, 5.41) is 8.47. The molecule has 0 bridgehead atoms. The lowest BCUT2D eigenvalue weighted by Gasteiger charge is -2.21. The third-order valence-corrected chi connectivity index (χ3v) is 13.3. The molecule has 0 unspecified atom stereocenters. The normalized spacial score (nSPS) is 12.2. The van der Waals surface area contributed by atoms with Crippen molar-refractivity contribution < 1.29 is 0 Å². The van der Waals surface area contributed by atoms with E-state index in [-0.39, 0.29) is 0 Å². The lowest BCUT2D eigenvalue weighted by atomic mass is 9.97. The number of fused-ring (bicyclic) bond motifs is 9. The van der Waals surface area contributed by atoms with Crippen LogP contribution in [0, 0.1) is 0 Å². The van der Waals surface area contributed by atoms with Crippen molar-refractivity contribution >= 4 is 66.1 Å². The maximum absolute atomic E-state index is 5.20. The van der Waals surface area contributed by atoms with E-state index in [1.54, 1.807) is 0 Å². The Morgan fingerprint density at radius 1 is 0.361 bits per heavy atom. The van der Waals surface area contributed by atoms with Gasteiger partial charge in [-0.15, -0.1) is 0 Å². The molecule has 0 fully saturated rings.